The molecule has 3 fully saturated rings. The Balaban J connectivity index is 1.47. The number of halogens is 2. The van der Waals surface area contributed by atoms with Crippen molar-refractivity contribution in [3.63, 3.8) is 0 Å². The molecule has 1 aromatic rings. The van der Waals surface area contributed by atoms with Gasteiger partial charge in [-0.1, -0.05) is 6.92 Å². The first-order valence-corrected chi connectivity index (χ1v) is 11.6. The molecule has 3 saturated heterocycles. The van der Waals surface area contributed by atoms with E-state index in [1.54, 1.807) is 4.31 Å². The SMILES string of the molecule is CC1CCN(C2CC3CCC(C2)N3S(=O)(=O)c2ccc(OC(F)F)cc2)CC1. The second-order valence-corrected chi connectivity index (χ2v) is 10.3. The van der Waals surface area contributed by atoms with Crippen LogP contribution >= 0.6 is 0 Å². The number of sulfonamides is 1. The quantitative estimate of drug-likeness (QED) is 0.737. The number of likely N-dealkylation sites (tertiary alicyclic amines) is 1. The minimum absolute atomic E-state index is 0.0324. The van der Waals surface area contributed by atoms with Crippen LogP contribution in [0.3, 0.4) is 0 Å². The average Bonchev–Trinajstić information content (AvgIpc) is 2.94. The van der Waals surface area contributed by atoms with Crippen LogP contribution in [0.1, 0.15) is 45.4 Å². The van der Waals surface area contributed by atoms with Crippen LogP contribution in [-0.2, 0) is 10.0 Å². The Kier molecular flexibility index (Phi) is 5.64. The number of hydrogen-bond donors (Lipinski definition) is 0. The number of alkyl halides is 2. The maximum atomic E-state index is 13.2. The predicted molar refractivity (Wildman–Crippen MR) is 102 cm³/mol. The molecule has 0 aliphatic carbocycles. The van der Waals surface area contributed by atoms with E-state index >= 15 is 0 Å². The lowest BCUT2D eigenvalue weighted by Crippen LogP contribution is -2.53. The van der Waals surface area contributed by atoms with E-state index < -0.39 is 16.6 Å². The number of rotatable bonds is 5. The molecule has 2 atom stereocenters. The summed E-state index contributed by atoms with van der Waals surface area (Å²) in [6, 6.07) is 5.86. The molecule has 28 heavy (non-hydrogen) atoms. The number of nitrogens with zero attached hydrogens (tertiary/aromatic N) is 2. The first kappa shape index (κ1) is 20.0. The number of benzene rings is 1. The van der Waals surface area contributed by atoms with E-state index in [1.807, 2.05) is 0 Å². The third-order valence-corrected chi connectivity index (χ3v) is 8.62. The number of hydrogen-bond acceptors (Lipinski definition) is 4. The topological polar surface area (TPSA) is 49.9 Å². The fraction of sp³-hybridized carbons (Fsp3) is 0.700. The predicted octanol–water partition coefficient (Wildman–Crippen LogP) is 3.70. The first-order chi connectivity index (χ1) is 13.3. The molecule has 3 aliphatic heterocycles. The highest BCUT2D eigenvalue weighted by molar-refractivity contribution is 7.89. The molecule has 0 amide bonds. The number of fused-ring (bicyclic) bond motifs is 2. The molecule has 0 saturated carbocycles. The summed E-state index contributed by atoms with van der Waals surface area (Å²) < 4.78 is 57.1. The molecular formula is C20H28F2N2O3S. The smallest absolute Gasteiger partial charge is 0.387 e. The van der Waals surface area contributed by atoms with Gasteiger partial charge in [0.15, 0.2) is 0 Å². The molecule has 4 rings (SSSR count). The van der Waals surface area contributed by atoms with Gasteiger partial charge < -0.3 is 9.64 Å². The van der Waals surface area contributed by atoms with Gasteiger partial charge in [0.1, 0.15) is 5.75 Å². The molecule has 0 aromatic heterocycles. The van der Waals surface area contributed by atoms with Crippen molar-refractivity contribution in [2.75, 3.05) is 13.1 Å². The molecule has 0 N–H and O–H groups in total. The molecule has 2 unspecified atom stereocenters. The van der Waals surface area contributed by atoms with Gasteiger partial charge >= 0.3 is 6.61 Å². The lowest BCUT2D eigenvalue weighted by Gasteiger charge is -2.44. The van der Waals surface area contributed by atoms with Crippen molar-refractivity contribution in [3.8, 4) is 5.75 Å². The highest BCUT2D eigenvalue weighted by Gasteiger charge is 2.48. The van der Waals surface area contributed by atoms with E-state index in [0.29, 0.717) is 6.04 Å². The van der Waals surface area contributed by atoms with Crippen LogP contribution in [0.5, 0.6) is 5.75 Å². The van der Waals surface area contributed by atoms with Gasteiger partial charge in [0.2, 0.25) is 10.0 Å². The van der Waals surface area contributed by atoms with Gasteiger partial charge in [-0.05, 0) is 81.8 Å². The van der Waals surface area contributed by atoms with Crippen LogP contribution in [0.2, 0.25) is 0 Å². The van der Waals surface area contributed by atoms with Crippen LogP contribution in [0.25, 0.3) is 0 Å². The van der Waals surface area contributed by atoms with Gasteiger partial charge in [-0.3, -0.25) is 0 Å². The molecule has 2 bridgehead atoms. The van der Waals surface area contributed by atoms with Gasteiger partial charge in [-0.25, -0.2) is 8.42 Å². The third-order valence-electron chi connectivity index (χ3n) is 6.60. The largest absolute Gasteiger partial charge is 0.435 e. The Morgan fingerprint density at radius 2 is 1.54 bits per heavy atom. The Labute approximate surface area is 165 Å². The van der Waals surface area contributed by atoms with Gasteiger partial charge in [0.25, 0.3) is 0 Å². The van der Waals surface area contributed by atoms with Crippen molar-refractivity contribution < 1.29 is 21.9 Å². The van der Waals surface area contributed by atoms with Crippen molar-refractivity contribution in [1.82, 2.24) is 9.21 Å². The summed E-state index contributed by atoms with van der Waals surface area (Å²) in [6.45, 7) is 1.61. The zero-order valence-electron chi connectivity index (χ0n) is 16.1. The van der Waals surface area contributed by atoms with Crippen LogP contribution in [0.4, 0.5) is 8.78 Å². The molecule has 0 spiro atoms. The molecule has 5 nitrogen and oxygen atoms in total. The molecule has 1 aromatic carbocycles. The van der Waals surface area contributed by atoms with Gasteiger partial charge in [-0.15, -0.1) is 0 Å². The molecule has 156 valence electrons. The monoisotopic (exact) mass is 414 g/mol. The van der Waals surface area contributed by atoms with Crippen LogP contribution in [0, 0.1) is 5.92 Å². The normalized spacial score (nSPS) is 30.1. The van der Waals surface area contributed by atoms with E-state index in [4.69, 9.17) is 0 Å². The Morgan fingerprint density at radius 1 is 0.964 bits per heavy atom. The molecule has 3 aliphatic rings. The maximum absolute atomic E-state index is 13.2. The molecule has 8 heteroatoms. The van der Waals surface area contributed by atoms with E-state index in [-0.39, 0.29) is 22.7 Å². The summed E-state index contributed by atoms with van der Waals surface area (Å²) in [5.41, 5.74) is 0. The van der Waals surface area contributed by atoms with E-state index in [1.165, 1.54) is 37.1 Å². The number of piperidine rings is 2. The average molecular weight is 415 g/mol. The van der Waals surface area contributed by atoms with Gasteiger partial charge in [-0.2, -0.15) is 13.1 Å². The van der Waals surface area contributed by atoms with E-state index in [2.05, 4.69) is 16.6 Å². The second kappa shape index (κ2) is 7.88. The van der Waals surface area contributed by atoms with Crippen molar-refractivity contribution >= 4 is 10.0 Å². The van der Waals surface area contributed by atoms with Gasteiger partial charge in [0.05, 0.1) is 4.90 Å². The van der Waals surface area contributed by atoms with Crippen LogP contribution < -0.4 is 4.74 Å². The zero-order valence-corrected chi connectivity index (χ0v) is 17.0. The third kappa shape index (κ3) is 3.91. The lowest BCUT2D eigenvalue weighted by atomic mass is 9.93. The minimum Gasteiger partial charge on any atom is -0.435 e. The summed E-state index contributed by atoms with van der Waals surface area (Å²) in [5.74, 6) is 0.750. The molecular weight excluding hydrogens is 386 g/mol. The summed E-state index contributed by atoms with van der Waals surface area (Å²) in [4.78, 5) is 2.71. The zero-order chi connectivity index (χ0) is 19.9. The summed E-state index contributed by atoms with van der Waals surface area (Å²) in [5, 5.41) is 0. The van der Waals surface area contributed by atoms with Gasteiger partial charge in [0, 0.05) is 18.1 Å². The fourth-order valence-corrected chi connectivity index (χ4v) is 7.00. The highest BCUT2D eigenvalue weighted by atomic mass is 32.2. The first-order valence-electron chi connectivity index (χ1n) is 10.2. The molecule has 3 heterocycles. The lowest BCUT2D eigenvalue weighted by molar-refractivity contribution is -0.0498. The highest BCUT2D eigenvalue weighted by Crippen LogP contribution is 2.42. The van der Waals surface area contributed by atoms with E-state index in [9.17, 15) is 17.2 Å². The van der Waals surface area contributed by atoms with Crippen LogP contribution in [-0.4, -0.2) is 55.4 Å². The second-order valence-electron chi connectivity index (χ2n) is 8.41. The Bertz CT molecular complexity index is 765. The van der Waals surface area contributed by atoms with Crippen LogP contribution in [0.15, 0.2) is 29.2 Å². The van der Waals surface area contributed by atoms with Crippen molar-refractivity contribution in [2.45, 2.75) is 75.1 Å². The maximum Gasteiger partial charge on any atom is 0.387 e. The standard InChI is InChI=1S/C20H28F2N2O3S/c1-14-8-10-23(11-9-14)17-12-15-2-3-16(13-17)24(15)28(25,26)19-6-4-18(5-7-19)27-20(21)22/h4-7,14-17,20H,2-3,8-13H2,1H3. The minimum atomic E-state index is -3.63. The van der Waals surface area contributed by atoms with Crippen molar-refractivity contribution in [2.24, 2.45) is 5.92 Å². The fourth-order valence-electron chi connectivity index (χ4n) is 5.10. The Hall–Kier alpha value is -1.25. The van der Waals surface area contributed by atoms with Crippen molar-refractivity contribution in [3.05, 3.63) is 24.3 Å². The van der Waals surface area contributed by atoms with Crippen molar-refractivity contribution in [1.29, 1.82) is 0 Å². The number of ether oxygens (including phenoxy) is 1. The van der Waals surface area contributed by atoms with E-state index in [0.717, 1.165) is 44.7 Å². The summed E-state index contributed by atoms with van der Waals surface area (Å²) in [7, 11) is -3.63. The molecule has 0 radical (unpaired) electrons. The summed E-state index contributed by atoms with van der Waals surface area (Å²) in [6.07, 6.45) is 6.02. The summed E-state index contributed by atoms with van der Waals surface area (Å²) >= 11 is 0. The Morgan fingerprint density at radius 3 is 2.07 bits per heavy atom.